The molecule has 0 atom stereocenters. The van der Waals surface area contributed by atoms with Crippen molar-refractivity contribution >= 4 is 9.84 Å². The van der Waals surface area contributed by atoms with Crippen LogP contribution in [0.2, 0.25) is 0 Å². The van der Waals surface area contributed by atoms with Gasteiger partial charge in [-0.2, -0.15) is 5.10 Å². The molecule has 2 aromatic rings. The van der Waals surface area contributed by atoms with E-state index in [4.69, 9.17) is 0 Å². The third-order valence-electron chi connectivity index (χ3n) is 2.56. The van der Waals surface area contributed by atoms with Gasteiger partial charge in [-0.1, -0.05) is 18.2 Å². The maximum absolute atomic E-state index is 12.0. The minimum absolute atomic E-state index is 0.0525. The van der Waals surface area contributed by atoms with Gasteiger partial charge in [-0.15, -0.1) is 0 Å². The van der Waals surface area contributed by atoms with Crippen molar-refractivity contribution < 1.29 is 8.42 Å². The van der Waals surface area contributed by atoms with Crippen LogP contribution in [0.4, 0.5) is 0 Å². The van der Waals surface area contributed by atoms with E-state index in [1.807, 2.05) is 0 Å². The molecule has 0 bridgehead atoms. The molecule has 0 aliphatic rings. The highest BCUT2D eigenvalue weighted by Crippen LogP contribution is 2.09. The maximum atomic E-state index is 12.0. The van der Waals surface area contributed by atoms with E-state index < -0.39 is 9.84 Å². The standard InChI is InChI=1S/C11H13N3O3S/c1-13-9-12-14(11(13)15)7-8-18(16,17)10-5-3-2-4-6-10/h2-6,9H,7-8H2,1H3. The number of benzene rings is 1. The van der Waals surface area contributed by atoms with Crippen molar-refractivity contribution in [3.05, 3.63) is 47.1 Å². The SMILES string of the molecule is Cn1cnn(CCS(=O)(=O)c2ccccc2)c1=O. The van der Waals surface area contributed by atoms with Gasteiger partial charge in [-0.25, -0.2) is 17.9 Å². The Bertz CT molecular complexity index is 686. The zero-order valence-corrected chi connectivity index (χ0v) is 10.7. The predicted molar refractivity (Wildman–Crippen MR) is 66.0 cm³/mol. The first-order chi connectivity index (χ1) is 8.50. The Morgan fingerprint density at radius 1 is 1.22 bits per heavy atom. The third-order valence-corrected chi connectivity index (χ3v) is 4.27. The maximum Gasteiger partial charge on any atom is 0.345 e. The summed E-state index contributed by atoms with van der Waals surface area (Å²) >= 11 is 0. The lowest BCUT2D eigenvalue weighted by Crippen LogP contribution is -2.26. The van der Waals surface area contributed by atoms with Gasteiger partial charge in [0.2, 0.25) is 0 Å². The minimum atomic E-state index is -3.37. The quantitative estimate of drug-likeness (QED) is 0.785. The fourth-order valence-corrected chi connectivity index (χ4v) is 2.75. The van der Waals surface area contributed by atoms with E-state index in [1.54, 1.807) is 25.2 Å². The number of nitrogens with zero attached hydrogens (tertiary/aromatic N) is 3. The molecule has 0 aliphatic carbocycles. The molecular formula is C11H13N3O3S. The van der Waals surface area contributed by atoms with Crippen molar-refractivity contribution in [1.29, 1.82) is 0 Å². The predicted octanol–water partition coefficient (Wildman–Crippen LogP) is 0.0557. The molecule has 96 valence electrons. The second kappa shape index (κ2) is 4.77. The van der Waals surface area contributed by atoms with E-state index in [1.165, 1.54) is 23.0 Å². The zero-order chi connectivity index (χ0) is 13.2. The minimum Gasteiger partial charge on any atom is -0.285 e. The molecule has 0 N–H and O–H groups in total. The van der Waals surface area contributed by atoms with Gasteiger partial charge >= 0.3 is 5.69 Å². The molecule has 1 heterocycles. The van der Waals surface area contributed by atoms with Crippen LogP contribution in [0, 0.1) is 0 Å². The highest BCUT2D eigenvalue weighted by molar-refractivity contribution is 7.91. The lowest BCUT2D eigenvalue weighted by molar-refractivity contribution is 0.573. The highest BCUT2D eigenvalue weighted by atomic mass is 32.2. The number of aromatic nitrogens is 3. The Morgan fingerprint density at radius 2 is 1.89 bits per heavy atom. The molecule has 0 fully saturated rings. The van der Waals surface area contributed by atoms with E-state index in [9.17, 15) is 13.2 Å². The first kappa shape index (κ1) is 12.6. The van der Waals surface area contributed by atoms with Crippen molar-refractivity contribution in [2.45, 2.75) is 11.4 Å². The molecule has 0 saturated carbocycles. The van der Waals surface area contributed by atoms with Gasteiger partial charge in [0, 0.05) is 7.05 Å². The lowest BCUT2D eigenvalue weighted by Gasteiger charge is -2.03. The first-order valence-electron chi connectivity index (χ1n) is 5.37. The van der Waals surface area contributed by atoms with Gasteiger partial charge in [0.1, 0.15) is 6.33 Å². The fourth-order valence-electron chi connectivity index (χ4n) is 1.53. The average Bonchev–Trinajstić information content (AvgIpc) is 2.69. The summed E-state index contributed by atoms with van der Waals surface area (Å²) in [5.41, 5.74) is -0.321. The van der Waals surface area contributed by atoms with Crippen LogP contribution in [0.5, 0.6) is 0 Å². The van der Waals surface area contributed by atoms with Crippen LogP contribution < -0.4 is 5.69 Å². The molecular weight excluding hydrogens is 254 g/mol. The summed E-state index contributed by atoms with van der Waals surface area (Å²) in [5, 5.41) is 3.81. The van der Waals surface area contributed by atoms with Crippen LogP contribution >= 0.6 is 0 Å². The smallest absolute Gasteiger partial charge is 0.285 e. The summed E-state index contributed by atoms with van der Waals surface area (Å²) in [7, 11) is -1.81. The van der Waals surface area contributed by atoms with E-state index in [-0.39, 0.29) is 22.9 Å². The lowest BCUT2D eigenvalue weighted by atomic mass is 10.4. The molecule has 1 aromatic carbocycles. The monoisotopic (exact) mass is 267 g/mol. The van der Waals surface area contributed by atoms with Crippen molar-refractivity contribution in [2.24, 2.45) is 7.05 Å². The Balaban J connectivity index is 2.16. The van der Waals surface area contributed by atoms with Crippen LogP contribution in [0.1, 0.15) is 0 Å². The van der Waals surface area contributed by atoms with Crippen molar-refractivity contribution in [3.63, 3.8) is 0 Å². The number of hydrogen-bond donors (Lipinski definition) is 0. The van der Waals surface area contributed by atoms with Crippen LogP contribution in [-0.2, 0) is 23.4 Å². The van der Waals surface area contributed by atoms with E-state index in [0.717, 1.165) is 4.68 Å². The first-order valence-corrected chi connectivity index (χ1v) is 7.02. The van der Waals surface area contributed by atoms with Gasteiger partial charge in [-0.05, 0) is 12.1 Å². The summed E-state index contributed by atoms with van der Waals surface area (Å²) in [4.78, 5) is 11.7. The second-order valence-electron chi connectivity index (χ2n) is 3.88. The molecule has 7 heteroatoms. The summed E-state index contributed by atoms with van der Waals surface area (Å²) in [6.07, 6.45) is 1.36. The summed E-state index contributed by atoms with van der Waals surface area (Å²) < 4.78 is 26.4. The topological polar surface area (TPSA) is 74.0 Å². The molecule has 18 heavy (non-hydrogen) atoms. The van der Waals surface area contributed by atoms with E-state index >= 15 is 0 Å². The van der Waals surface area contributed by atoms with Gasteiger partial charge < -0.3 is 0 Å². The van der Waals surface area contributed by atoms with Crippen LogP contribution in [0.25, 0.3) is 0 Å². The Hall–Kier alpha value is -1.89. The van der Waals surface area contributed by atoms with Crippen molar-refractivity contribution in [1.82, 2.24) is 14.3 Å². The number of rotatable bonds is 4. The fraction of sp³-hybridized carbons (Fsp3) is 0.273. The van der Waals surface area contributed by atoms with Crippen molar-refractivity contribution in [3.8, 4) is 0 Å². The molecule has 2 rings (SSSR count). The molecule has 1 aromatic heterocycles. The Labute approximate surface area is 104 Å². The van der Waals surface area contributed by atoms with Crippen LogP contribution in [0.3, 0.4) is 0 Å². The van der Waals surface area contributed by atoms with Crippen LogP contribution in [-0.4, -0.2) is 28.5 Å². The molecule has 0 amide bonds. The van der Waals surface area contributed by atoms with Crippen LogP contribution in [0.15, 0.2) is 46.3 Å². The average molecular weight is 267 g/mol. The van der Waals surface area contributed by atoms with E-state index in [2.05, 4.69) is 5.10 Å². The largest absolute Gasteiger partial charge is 0.345 e. The molecule has 0 unspecified atom stereocenters. The van der Waals surface area contributed by atoms with Gasteiger partial charge in [-0.3, -0.25) is 4.57 Å². The second-order valence-corrected chi connectivity index (χ2v) is 5.99. The molecule has 6 nitrogen and oxygen atoms in total. The van der Waals surface area contributed by atoms with Gasteiger partial charge in [0.05, 0.1) is 17.2 Å². The zero-order valence-electron chi connectivity index (χ0n) is 9.85. The molecule has 0 radical (unpaired) electrons. The van der Waals surface area contributed by atoms with Crippen molar-refractivity contribution in [2.75, 3.05) is 5.75 Å². The van der Waals surface area contributed by atoms with E-state index in [0.29, 0.717) is 0 Å². The number of sulfone groups is 1. The number of aryl methyl sites for hydroxylation is 2. The summed E-state index contributed by atoms with van der Waals surface area (Å²) in [6, 6.07) is 8.16. The third kappa shape index (κ3) is 2.51. The number of hydrogen-bond acceptors (Lipinski definition) is 4. The Morgan fingerprint density at radius 3 is 2.44 bits per heavy atom. The van der Waals surface area contributed by atoms with Gasteiger partial charge in [0.15, 0.2) is 9.84 Å². The molecule has 0 aliphatic heterocycles. The Kier molecular flexibility index (Phi) is 3.33. The van der Waals surface area contributed by atoms with Gasteiger partial charge in [0.25, 0.3) is 0 Å². The summed E-state index contributed by atoms with van der Waals surface area (Å²) in [5.74, 6) is -0.145. The molecule has 0 spiro atoms. The molecule has 0 saturated heterocycles. The highest BCUT2D eigenvalue weighted by Gasteiger charge is 2.14. The summed E-state index contributed by atoms with van der Waals surface area (Å²) in [6.45, 7) is 0.0525. The normalized spacial score (nSPS) is 11.6.